The summed E-state index contributed by atoms with van der Waals surface area (Å²) in [4.78, 5) is 10.4. The molecule has 2 heteroatoms. The number of allylic oxidation sites excluding steroid dienone is 2. The van der Waals surface area contributed by atoms with Crippen molar-refractivity contribution in [1.29, 1.82) is 0 Å². The van der Waals surface area contributed by atoms with E-state index in [4.69, 9.17) is 0 Å². The normalized spacial score (nSPS) is 18.0. The average molecular weight is 181 g/mol. The van der Waals surface area contributed by atoms with Gasteiger partial charge in [-0.05, 0) is 46.0 Å². The SMILES string of the molecule is CC(C)=CCCCCC1(N=O)CC1. The highest BCUT2D eigenvalue weighted by atomic mass is 16.3. The van der Waals surface area contributed by atoms with Crippen LogP contribution in [0.5, 0.6) is 0 Å². The number of rotatable bonds is 6. The Morgan fingerprint density at radius 1 is 1.38 bits per heavy atom. The Labute approximate surface area is 80.4 Å². The molecule has 0 heterocycles. The van der Waals surface area contributed by atoms with Gasteiger partial charge in [0, 0.05) is 0 Å². The summed E-state index contributed by atoms with van der Waals surface area (Å²) < 4.78 is 0. The molecule has 0 bridgehead atoms. The van der Waals surface area contributed by atoms with Crippen molar-refractivity contribution in [2.75, 3.05) is 0 Å². The summed E-state index contributed by atoms with van der Waals surface area (Å²) >= 11 is 0. The van der Waals surface area contributed by atoms with Crippen molar-refractivity contribution < 1.29 is 0 Å². The van der Waals surface area contributed by atoms with E-state index in [2.05, 4.69) is 25.1 Å². The molecule has 1 aliphatic carbocycles. The molecule has 0 unspecified atom stereocenters. The van der Waals surface area contributed by atoms with Crippen LogP contribution in [0.2, 0.25) is 0 Å². The zero-order valence-electron chi connectivity index (χ0n) is 8.68. The van der Waals surface area contributed by atoms with Gasteiger partial charge < -0.3 is 0 Å². The summed E-state index contributed by atoms with van der Waals surface area (Å²) in [6.45, 7) is 4.24. The van der Waals surface area contributed by atoms with Crippen LogP contribution >= 0.6 is 0 Å². The predicted octanol–water partition coefficient (Wildman–Crippen LogP) is 3.81. The van der Waals surface area contributed by atoms with Gasteiger partial charge in [0.2, 0.25) is 0 Å². The minimum Gasteiger partial charge on any atom is -0.150 e. The number of hydrogen-bond donors (Lipinski definition) is 0. The summed E-state index contributed by atoms with van der Waals surface area (Å²) in [6.07, 6.45) is 8.81. The maximum Gasteiger partial charge on any atom is 0.103 e. The molecule has 74 valence electrons. The fraction of sp³-hybridized carbons (Fsp3) is 0.818. The van der Waals surface area contributed by atoms with Crippen molar-refractivity contribution in [3.8, 4) is 0 Å². The smallest absolute Gasteiger partial charge is 0.103 e. The van der Waals surface area contributed by atoms with Gasteiger partial charge in [-0.15, -0.1) is 0 Å². The minimum atomic E-state index is -0.120. The first-order chi connectivity index (χ1) is 6.18. The number of hydrogen-bond acceptors (Lipinski definition) is 2. The number of nitroso groups, excluding NO2 is 1. The maximum atomic E-state index is 10.4. The summed E-state index contributed by atoms with van der Waals surface area (Å²) in [5.74, 6) is 0. The van der Waals surface area contributed by atoms with E-state index in [0.29, 0.717) is 0 Å². The molecular weight excluding hydrogens is 162 g/mol. The first-order valence-corrected chi connectivity index (χ1v) is 5.16. The van der Waals surface area contributed by atoms with Crippen molar-refractivity contribution in [2.45, 2.75) is 57.9 Å². The van der Waals surface area contributed by atoms with Crippen LogP contribution in [-0.4, -0.2) is 5.54 Å². The fourth-order valence-electron chi connectivity index (χ4n) is 1.52. The van der Waals surface area contributed by atoms with E-state index in [1.807, 2.05) is 0 Å². The molecule has 0 saturated heterocycles. The van der Waals surface area contributed by atoms with Gasteiger partial charge >= 0.3 is 0 Å². The van der Waals surface area contributed by atoms with Gasteiger partial charge in [-0.2, -0.15) is 4.91 Å². The molecule has 0 amide bonds. The van der Waals surface area contributed by atoms with Gasteiger partial charge in [-0.25, -0.2) is 0 Å². The highest BCUT2D eigenvalue weighted by Gasteiger charge is 2.43. The van der Waals surface area contributed by atoms with Crippen molar-refractivity contribution in [3.63, 3.8) is 0 Å². The van der Waals surface area contributed by atoms with Gasteiger partial charge in [0.25, 0.3) is 0 Å². The van der Waals surface area contributed by atoms with Gasteiger partial charge in [0.05, 0.1) is 0 Å². The van der Waals surface area contributed by atoms with Crippen molar-refractivity contribution >= 4 is 0 Å². The topological polar surface area (TPSA) is 29.4 Å². The fourth-order valence-corrected chi connectivity index (χ4v) is 1.52. The summed E-state index contributed by atoms with van der Waals surface area (Å²) in [5, 5.41) is 3.20. The lowest BCUT2D eigenvalue weighted by Gasteiger charge is -2.03. The minimum absolute atomic E-state index is 0.120. The lowest BCUT2D eigenvalue weighted by Crippen LogP contribution is -2.02. The van der Waals surface area contributed by atoms with Gasteiger partial charge in [0.15, 0.2) is 0 Å². The molecule has 13 heavy (non-hydrogen) atoms. The van der Waals surface area contributed by atoms with Crippen LogP contribution in [0.25, 0.3) is 0 Å². The van der Waals surface area contributed by atoms with Crippen LogP contribution in [-0.2, 0) is 0 Å². The quantitative estimate of drug-likeness (QED) is 0.348. The molecule has 0 aromatic heterocycles. The summed E-state index contributed by atoms with van der Waals surface area (Å²) in [7, 11) is 0. The third kappa shape index (κ3) is 3.71. The van der Waals surface area contributed by atoms with E-state index in [1.165, 1.54) is 12.0 Å². The van der Waals surface area contributed by atoms with Gasteiger partial charge in [0.1, 0.15) is 5.54 Å². The molecule has 0 aromatic carbocycles. The molecule has 1 saturated carbocycles. The third-order valence-corrected chi connectivity index (χ3v) is 2.67. The average Bonchev–Trinajstić information content (AvgIpc) is 2.84. The summed E-state index contributed by atoms with van der Waals surface area (Å²) in [5.41, 5.74) is 1.26. The molecule has 0 N–H and O–H groups in total. The maximum absolute atomic E-state index is 10.4. The molecule has 1 aliphatic rings. The Kier molecular flexibility index (Phi) is 3.64. The molecule has 1 rings (SSSR count). The standard InChI is InChI=1S/C11H19NO/c1-10(2)6-4-3-5-7-11(12-13)8-9-11/h6H,3-5,7-9H2,1-2H3. The molecule has 0 atom stereocenters. The Morgan fingerprint density at radius 3 is 2.54 bits per heavy atom. The van der Waals surface area contributed by atoms with Gasteiger partial charge in [-0.3, -0.25) is 0 Å². The predicted molar refractivity (Wildman–Crippen MR) is 55.7 cm³/mol. The molecule has 2 nitrogen and oxygen atoms in total. The first-order valence-electron chi connectivity index (χ1n) is 5.16. The van der Waals surface area contributed by atoms with E-state index >= 15 is 0 Å². The Hall–Kier alpha value is -0.660. The van der Waals surface area contributed by atoms with Gasteiger partial charge in [-0.1, -0.05) is 23.2 Å². The lowest BCUT2D eigenvalue weighted by molar-refractivity contribution is 0.557. The van der Waals surface area contributed by atoms with Crippen molar-refractivity contribution in [2.24, 2.45) is 5.18 Å². The van der Waals surface area contributed by atoms with E-state index in [9.17, 15) is 4.91 Å². The third-order valence-electron chi connectivity index (χ3n) is 2.67. The second-order valence-corrected chi connectivity index (χ2v) is 4.34. The van der Waals surface area contributed by atoms with Crippen molar-refractivity contribution in [1.82, 2.24) is 0 Å². The number of nitrogens with zero attached hydrogens (tertiary/aromatic N) is 1. The van der Waals surface area contributed by atoms with E-state index < -0.39 is 0 Å². The number of unbranched alkanes of at least 4 members (excludes halogenated alkanes) is 2. The van der Waals surface area contributed by atoms with Crippen LogP contribution in [0.3, 0.4) is 0 Å². The second-order valence-electron chi connectivity index (χ2n) is 4.34. The van der Waals surface area contributed by atoms with E-state index in [1.54, 1.807) is 0 Å². The molecular formula is C11H19NO. The van der Waals surface area contributed by atoms with Crippen LogP contribution < -0.4 is 0 Å². The molecule has 0 aromatic rings. The zero-order valence-corrected chi connectivity index (χ0v) is 8.68. The monoisotopic (exact) mass is 181 g/mol. The van der Waals surface area contributed by atoms with Crippen molar-refractivity contribution in [3.05, 3.63) is 16.6 Å². The first kappa shape index (κ1) is 10.4. The van der Waals surface area contributed by atoms with E-state index in [0.717, 1.165) is 32.1 Å². The lowest BCUT2D eigenvalue weighted by atomic mass is 10.1. The highest BCUT2D eigenvalue weighted by Crippen LogP contribution is 2.43. The Bertz CT molecular complexity index is 200. The molecule has 0 radical (unpaired) electrons. The zero-order chi connectivity index (χ0) is 9.73. The van der Waals surface area contributed by atoms with Crippen LogP contribution in [0, 0.1) is 4.91 Å². The Balaban J connectivity index is 2.02. The van der Waals surface area contributed by atoms with E-state index in [-0.39, 0.29) is 5.54 Å². The molecule has 0 aliphatic heterocycles. The van der Waals surface area contributed by atoms with Crippen LogP contribution in [0.15, 0.2) is 16.8 Å². The van der Waals surface area contributed by atoms with Crippen LogP contribution in [0.1, 0.15) is 52.4 Å². The molecule has 1 fully saturated rings. The second kappa shape index (κ2) is 4.54. The largest absolute Gasteiger partial charge is 0.150 e. The highest BCUT2D eigenvalue weighted by molar-refractivity contribution is 5.01. The molecule has 0 spiro atoms. The Morgan fingerprint density at radius 2 is 2.08 bits per heavy atom. The summed E-state index contributed by atoms with van der Waals surface area (Å²) in [6, 6.07) is 0. The van der Waals surface area contributed by atoms with Crippen LogP contribution in [0.4, 0.5) is 0 Å².